The van der Waals surface area contributed by atoms with Gasteiger partial charge in [-0.2, -0.15) is 5.26 Å². The van der Waals surface area contributed by atoms with Crippen molar-refractivity contribution in [2.24, 2.45) is 0 Å². The molecule has 1 aromatic heterocycles. The minimum Gasteiger partial charge on any atom is -0.328 e. The molecule has 0 N–H and O–H groups in total. The molecule has 1 amide bonds. The molecule has 0 saturated heterocycles. The lowest BCUT2D eigenvalue weighted by Gasteiger charge is -2.17. The van der Waals surface area contributed by atoms with E-state index in [0.29, 0.717) is 10.6 Å². The number of nitriles is 1. The van der Waals surface area contributed by atoms with Gasteiger partial charge < -0.3 is 4.90 Å². The first-order valence-corrected chi connectivity index (χ1v) is 9.47. The zero-order valence-corrected chi connectivity index (χ0v) is 16.2. The molecule has 0 spiro atoms. The summed E-state index contributed by atoms with van der Waals surface area (Å²) in [7, 11) is 1.66. The molecule has 1 heterocycles. The Morgan fingerprint density at radius 2 is 1.96 bits per heavy atom. The average molecular weight is 388 g/mol. The highest BCUT2D eigenvalue weighted by atomic mass is 35.5. The summed E-state index contributed by atoms with van der Waals surface area (Å²) in [5, 5.41) is 10.5. The fraction of sp³-hybridized carbons (Fsp3) is 0.174. The molecule has 0 saturated carbocycles. The van der Waals surface area contributed by atoms with Gasteiger partial charge in [-0.3, -0.25) is 4.79 Å². The number of allylic oxidation sites excluding steroid dienone is 1. The van der Waals surface area contributed by atoms with E-state index in [0.717, 1.165) is 46.1 Å². The van der Waals surface area contributed by atoms with Crippen molar-refractivity contribution >= 4 is 40.1 Å². The van der Waals surface area contributed by atoms with Gasteiger partial charge in [0.1, 0.15) is 6.54 Å². The quantitative estimate of drug-likeness (QED) is 0.596. The standard InChI is InChI=1S/C23H18ClN3O/c1-27(13-12-25)23(28)21-17-7-3-5-9-20(17)26-22-16(10-11-18(21)22)14-15-6-2-4-8-19(15)24/h2-9,14H,10-11,13H2,1H3/b16-14-. The highest BCUT2D eigenvalue weighted by Crippen LogP contribution is 2.38. The van der Waals surface area contributed by atoms with Gasteiger partial charge in [-0.05, 0) is 47.8 Å². The van der Waals surface area contributed by atoms with Crippen LogP contribution in [0.4, 0.5) is 0 Å². The first-order valence-electron chi connectivity index (χ1n) is 9.09. The van der Waals surface area contributed by atoms with Crippen LogP contribution >= 0.6 is 11.6 Å². The SMILES string of the molecule is CN(CC#N)C(=O)c1c2c(nc3ccccc13)/C(=C\c1ccccc1Cl)CC2. The Balaban J connectivity index is 1.92. The molecule has 0 bridgehead atoms. The third-order valence-corrected chi connectivity index (χ3v) is 5.39. The van der Waals surface area contributed by atoms with Gasteiger partial charge in [0.25, 0.3) is 5.91 Å². The molecule has 28 heavy (non-hydrogen) atoms. The fourth-order valence-electron chi connectivity index (χ4n) is 3.67. The van der Waals surface area contributed by atoms with Gasteiger partial charge in [-0.1, -0.05) is 48.0 Å². The highest BCUT2D eigenvalue weighted by Gasteiger charge is 2.28. The van der Waals surface area contributed by atoms with E-state index >= 15 is 0 Å². The molecule has 138 valence electrons. The van der Waals surface area contributed by atoms with Crippen molar-refractivity contribution < 1.29 is 4.79 Å². The second-order valence-corrected chi connectivity index (χ2v) is 7.25. The highest BCUT2D eigenvalue weighted by molar-refractivity contribution is 6.32. The first-order chi connectivity index (χ1) is 13.6. The number of aromatic nitrogens is 1. The maximum absolute atomic E-state index is 13.1. The van der Waals surface area contributed by atoms with E-state index in [1.165, 1.54) is 4.90 Å². The van der Waals surface area contributed by atoms with Crippen LogP contribution in [0.2, 0.25) is 5.02 Å². The number of carbonyl (C=O) groups is 1. The van der Waals surface area contributed by atoms with Crippen LogP contribution in [0, 0.1) is 11.3 Å². The zero-order valence-electron chi connectivity index (χ0n) is 15.4. The monoisotopic (exact) mass is 387 g/mol. The smallest absolute Gasteiger partial charge is 0.255 e. The molecule has 0 atom stereocenters. The van der Waals surface area contributed by atoms with Gasteiger partial charge in [-0.15, -0.1) is 0 Å². The summed E-state index contributed by atoms with van der Waals surface area (Å²) in [4.78, 5) is 19.5. The largest absolute Gasteiger partial charge is 0.328 e. The lowest BCUT2D eigenvalue weighted by Crippen LogP contribution is -2.28. The van der Waals surface area contributed by atoms with E-state index in [-0.39, 0.29) is 12.5 Å². The normalized spacial score (nSPS) is 14.1. The van der Waals surface area contributed by atoms with Crippen molar-refractivity contribution in [2.75, 3.05) is 13.6 Å². The number of halogens is 1. The van der Waals surface area contributed by atoms with Crippen LogP contribution in [0.15, 0.2) is 48.5 Å². The molecule has 1 aliphatic rings. The van der Waals surface area contributed by atoms with Gasteiger partial charge in [0, 0.05) is 17.5 Å². The fourth-order valence-corrected chi connectivity index (χ4v) is 3.86. The Hall–Kier alpha value is -3.16. The summed E-state index contributed by atoms with van der Waals surface area (Å²) in [6.45, 7) is 0.0482. The Morgan fingerprint density at radius 3 is 2.75 bits per heavy atom. The number of pyridine rings is 1. The summed E-state index contributed by atoms with van der Waals surface area (Å²) < 4.78 is 0. The first kappa shape index (κ1) is 18.2. The number of nitrogens with zero attached hydrogens (tertiary/aromatic N) is 3. The predicted molar refractivity (Wildman–Crippen MR) is 112 cm³/mol. The number of para-hydroxylation sites is 1. The van der Waals surface area contributed by atoms with Crippen molar-refractivity contribution in [1.82, 2.24) is 9.88 Å². The molecule has 5 heteroatoms. The number of carbonyl (C=O) groups excluding carboxylic acids is 1. The Kier molecular flexibility index (Phi) is 4.85. The Bertz CT molecular complexity index is 1160. The molecule has 4 rings (SSSR count). The number of amides is 1. The summed E-state index contributed by atoms with van der Waals surface area (Å²) >= 11 is 6.33. The minimum atomic E-state index is -0.143. The second kappa shape index (κ2) is 7.46. The number of hydrogen-bond acceptors (Lipinski definition) is 3. The molecule has 0 aliphatic heterocycles. The van der Waals surface area contributed by atoms with Crippen LogP contribution in [0.25, 0.3) is 22.6 Å². The molecule has 0 unspecified atom stereocenters. The number of fused-ring (bicyclic) bond motifs is 2. The van der Waals surface area contributed by atoms with E-state index < -0.39 is 0 Å². The van der Waals surface area contributed by atoms with E-state index in [1.807, 2.05) is 54.6 Å². The molecule has 0 fully saturated rings. The minimum absolute atomic E-state index is 0.0482. The number of rotatable bonds is 3. The molecule has 2 aromatic carbocycles. The van der Waals surface area contributed by atoms with Crippen molar-refractivity contribution in [3.8, 4) is 6.07 Å². The molecule has 4 nitrogen and oxygen atoms in total. The van der Waals surface area contributed by atoms with Crippen LogP contribution in [-0.2, 0) is 6.42 Å². The van der Waals surface area contributed by atoms with E-state index in [2.05, 4.69) is 6.08 Å². The number of hydrogen-bond donors (Lipinski definition) is 0. The zero-order chi connectivity index (χ0) is 19.7. The maximum atomic E-state index is 13.1. The summed E-state index contributed by atoms with van der Waals surface area (Å²) in [6.07, 6.45) is 3.60. The molecule has 1 aliphatic carbocycles. The van der Waals surface area contributed by atoms with Crippen molar-refractivity contribution in [2.45, 2.75) is 12.8 Å². The van der Waals surface area contributed by atoms with Crippen LogP contribution < -0.4 is 0 Å². The van der Waals surface area contributed by atoms with Gasteiger partial charge >= 0.3 is 0 Å². The topological polar surface area (TPSA) is 57.0 Å². The summed E-state index contributed by atoms with van der Waals surface area (Å²) in [5.74, 6) is -0.143. The lowest BCUT2D eigenvalue weighted by atomic mass is 9.99. The van der Waals surface area contributed by atoms with E-state index in [4.69, 9.17) is 21.8 Å². The second-order valence-electron chi connectivity index (χ2n) is 6.84. The number of benzene rings is 2. The van der Waals surface area contributed by atoms with Crippen LogP contribution in [-0.4, -0.2) is 29.4 Å². The van der Waals surface area contributed by atoms with Crippen LogP contribution in [0.1, 0.15) is 33.6 Å². The van der Waals surface area contributed by atoms with Crippen molar-refractivity contribution in [3.05, 3.63) is 75.9 Å². The summed E-state index contributed by atoms with van der Waals surface area (Å²) in [5.41, 5.74) is 5.25. The third-order valence-electron chi connectivity index (χ3n) is 5.05. The molecular formula is C23H18ClN3O. The van der Waals surface area contributed by atoms with Gasteiger partial charge in [-0.25, -0.2) is 4.98 Å². The van der Waals surface area contributed by atoms with Crippen LogP contribution in [0.5, 0.6) is 0 Å². The average Bonchev–Trinajstić information content (AvgIpc) is 3.10. The summed E-state index contributed by atoms with van der Waals surface area (Å²) in [6, 6.07) is 17.4. The van der Waals surface area contributed by atoms with Crippen molar-refractivity contribution in [3.63, 3.8) is 0 Å². The third kappa shape index (κ3) is 3.15. The molecule has 0 radical (unpaired) electrons. The van der Waals surface area contributed by atoms with Gasteiger partial charge in [0.15, 0.2) is 0 Å². The van der Waals surface area contributed by atoms with E-state index in [1.54, 1.807) is 7.05 Å². The molecular weight excluding hydrogens is 370 g/mol. The van der Waals surface area contributed by atoms with Crippen molar-refractivity contribution in [1.29, 1.82) is 5.26 Å². The van der Waals surface area contributed by atoms with Gasteiger partial charge in [0.05, 0.1) is 22.8 Å². The maximum Gasteiger partial charge on any atom is 0.255 e. The Morgan fingerprint density at radius 1 is 1.21 bits per heavy atom. The van der Waals surface area contributed by atoms with Gasteiger partial charge in [0.2, 0.25) is 0 Å². The lowest BCUT2D eigenvalue weighted by molar-refractivity contribution is 0.0813. The van der Waals surface area contributed by atoms with E-state index in [9.17, 15) is 4.79 Å². The Labute approximate surface area is 168 Å². The molecule has 3 aromatic rings. The van der Waals surface area contributed by atoms with Crippen LogP contribution in [0.3, 0.4) is 0 Å². The predicted octanol–water partition coefficient (Wildman–Crippen LogP) is 4.97.